The Bertz CT molecular complexity index is 300. The molecule has 1 aliphatic rings. The lowest BCUT2D eigenvalue weighted by Gasteiger charge is -2.30. The van der Waals surface area contributed by atoms with Gasteiger partial charge in [0.15, 0.2) is 0 Å². The molecule has 0 aliphatic heterocycles. The van der Waals surface area contributed by atoms with Gasteiger partial charge in [0.1, 0.15) is 5.54 Å². The molecule has 116 valence electrons. The Morgan fingerprint density at radius 2 is 2.05 bits per heavy atom. The molecule has 1 saturated carbocycles. The van der Waals surface area contributed by atoms with Crippen LogP contribution in [-0.4, -0.2) is 24.8 Å². The fraction of sp³-hybridized carbons (Fsp3) is 0.941. The lowest BCUT2D eigenvalue weighted by molar-refractivity contribution is -0.00787. The van der Waals surface area contributed by atoms with Crippen LogP contribution < -0.4 is 5.32 Å². The molecule has 1 rings (SSSR count). The van der Waals surface area contributed by atoms with Gasteiger partial charge in [-0.05, 0) is 51.0 Å². The fourth-order valence-corrected chi connectivity index (χ4v) is 3.07. The number of nitriles is 1. The van der Waals surface area contributed by atoms with Crippen LogP contribution in [0.1, 0.15) is 72.1 Å². The van der Waals surface area contributed by atoms with Crippen LogP contribution in [-0.2, 0) is 4.74 Å². The molecule has 0 radical (unpaired) electrons. The van der Waals surface area contributed by atoms with Crippen molar-refractivity contribution in [2.45, 2.75) is 83.8 Å². The summed E-state index contributed by atoms with van der Waals surface area (Å²) < 4.78 is 6.05. The normalized spacial score (nSPS) is 25.9. The largest absolute Gasteiger partial charge is 0.378 e. The van der Waals surface area contributed by atoms with E-state index in [0.29, 0.717) is 12.0 Å². The van der Waals surface area contributed by atoms with Crippen LogP contribution in [0.15, 0.2) is 0 Å². The quantitative estimate of drug-likeness (QED) is 0.648. The molecule has 0 bridgehead atoms. The van der Waals surface area contributed by atoms with Crippen molar-refractivity contribution >= 4 is 0 Å². The van der Waals surface area contributed by atoms with E-state index in [2.05, 4.69) is 32.2 Å². The van der Waals surface area contributed by atoms with E-state index < -0.39 is 0 Å². The second-order valence-corrected chi connectivity index (χ2v) is 6.25. The molecule has 0 heterocycles. The second-order valence-electron chi connectivity index (χ2n) is 6.25. The van der Waals surface area contributed by atoms with Crippen molar-refractivity contribution in [2.24, 2.45) is 5.92 Å². The van der Waals surface area contributed by atoms with E-state index in [1.807, 2.05) is 0 Å². The average molecular weight is 280 g/mol. The molecule has 3 nitrogen and oxygen atoms in total. The molecule has 0 aromatic rings. The molecule has 1 N–H and O–H groups in total. The summed E-state index contributed by atoms with van der Waals surface area (Å²) in [6.07, 6.45) is 9.43. The number of ether oxygens (including phenoxy) is 1. The fourth-order valence-electron chi connectivity index (χ4n) is 3.07. The highest BCUT2D eigenvalue weighted by atomic mass is 16.5. The van der Waals surface area contributed by atoms with Gasteiger partial charge in [0, 0.05) is 6.61 Å². The van der Waals surface area contributed by atoms with Gasteiger partial charge in [0.05, 0.1) is 12.2 Å². The lowest BCUT2D eigenvalue weighted by Crippen LogP contribution is -2.44. The molecule has 0 saturated heterocycles. The third kappa shape index (κ3) is 5.42. The summed E-state index contributed by atoms with van der Waals surface area (Å²) in [6, 6.07) is 2.48. The Morgan fingerprint density at radius 1 is 1.30 bits per heavy atom. The summed E-state index contributed by atoms with van der Waals surface area (Å²) in [5.41, 5.74) is -0.350. The first-order valence-electron chi connectivity index (χ1n) is 8.45. The molecule has 0 aromatic heterocycles. The van der Waals surface area contributed by atoms with Crippen LogP contribution in [0.3, 0.4) is 0 Å². The Balaban J connectivity index is 2.28. The predicted octanol–water partition coefficient (Wildman–Crippen LogP) is 4.03. The zero-order valence-electron chi connectivity index (χ0n) is 13.6. The van der Waals surface area contributed by atoms with Gasteiger partial charge in [-0.3, -0.25) is 5.32 Å². The zero-order valence-corrected chi connectivity index (χ0v) is 13.6. The SMILES string of the molecule is CCCNC(C#N)(CC)CCCOC1CCCCC1C. The molecule has 20 heavy (non-hydrogen) atoms. The van der Waals surface area contributed by atoms with E-state index in [1.165, 1.54) is 25.7 Å². The first-order chi connectivity index (χ1) is 9.67. The van der Waals surface area contributed by atoms with Crippen molar-refractivity contribution in [1.29, 1.82) is 5.26 Å². The van der Waals surface area contributed by atoms with E-state index in [1.54, 1.807) is 0 Å². The second kappa shape index (κ2) is 9.37. The van der Waals surface area contributed by atoms with Gasteiger partial charge in [-0.2, -0.15) is 5.26 Å². The van der Waals surface area contributed by atoms with E-state index in [-0.39, 0.29) is 5.54 Å². The van der Waals surface area contributed by atoms with E-state index in [0.717, 1.165) is 38.8 Å². The van der Waals surface area contributed by atoms with E-state index in [9.17, 15) is 5.26 Å². The summed E-state index contributed by atoms with van der Waals surface area (Å²) in [6.45, 7) is 8.25. The highest BCUT2D eigenvalue weighted by molar-refractivity contribution is 5.06. The molecular formula is C17H32N2O. The molecule has 0 amide bonds. The maximum absolute atomic E-state index is 9.44. The van der Waals surface area contributed by atoms with Gasteiger partial charge >= 0.3 is 0 Å². The molecule has 1 aliphatic carbocycles. The van der Waals surface area contributed by atoms with Crippen LogP contribution in [0.4, 0.5) is 0 Å². The summed E-state index contributed by atoms with van der Waals surface area (Å²) in [5, 5.41) is 12.9. The first kappa shape index (κ1) is 17.5. The highest BCUT2D eigenvalue weighted by Gasteiger charge is 2.27. The maximum Gasteiger partial charge on any atom is 0.106 e. The van der Waals surface area contributed by atoms with Gasteiger partial charge in [-0.1, -0.05) is 33.6 Å². The Labute approximate surface area is 125 Å². The lowest BCUT2D eigenvalue weighted by atomic mass is 9.88. The Kier molecular flexibility index (Phi) is 8.18. The molecule has 3 heteroatoms. The molecule has 0 aromatic carbocycles. The minimum atomic E-state index is -0.350. The van der Waals surface area contributed by atoms with Gasteiger partial charge < -0.3 is 4.74 Å². The maximum atomic E-state index is 9.44. The van der Waals surface area contributed by atoms with Gasteiger partial charge in [-0.25, -0.2) is 0 Å². The first-order valence-corrected chi connectivity index (χ1v) is 8.45. The molecule has 3 unspecified atom stereocenters. The van der Waals surface area contributed by atoms with Crippen molar-refractivity contribution in [3.63, 3.8) is 0 Å². The van der Waals surface area contributed by atoms with Crippen molar-refractivity contribution in [2.75, 3.05) is 13.2 Å². The van der Waals surface area contributed by atoms with Crippen LogP contribution in [0, 0.1) is 17.2 Å². The van der Waals surface area contributed by atoms with Crippen LogP contribution >= 0.6 is 0 Å². The van der Waals surface area contributed by atoms with Gasteiger partial charge in [-0.15, -0.1) is 0 Å². The van der Waals surface area contributed by atoms with Crippen molar-refractivity contribution < 1.29 is 4.74 Å². The third-order valence-electron chi connectivity index (χ3n) is 4.64. The van der Waals surface area contributed by atoms with Gasteiger partial charge in [0.25, 0.3) is 0 Å². The topological polar surface area (TPSA) is 45.0 Å². The highest BCUT2D eigenvalue weighted by Crippen LogP contribution is 2.26. The van der Waals surface area contributed by atoms with E-state index >= 15 is 0 Å². The minimum Gasteiger partial charge on any atom is -0.378 e. The van der Waals surface area contributed by atoms with Crippen molar-refractivity contribution in [3.8, 4) is 6.07 Å². The molecule has 3 atom stereocenters. The van der Waals surface area contributed by atoms with Gasteiger partial charge in [0.2, 0.25) is 0 Å². The molecule has 1 fully saturated rings. The van der Waals surface area contributed by atoms with E-state index in [4.69, 9.17) is 4.74 Å². The average Bonchev–Trinajstić information content (AvgIpc) is 2.49. The Hall–Kier alpha value is -0.590. The Morgan fingerprint density at radius 3 is 2.65 bits per heavy atom. The zero-order chi connectivity index (χ0) is 14.8. The standard InChI is InChI=1S/C17H32N2O/c1-4-12-19-17(5-2,14-18)11-8-13-20-16-10-7-6-9-15(16)3/h15-16,19H,4-13H2,1-3H3. The molecule has 0 spiro atoms. The predicted molar refractivity (Wildman–Crippen MR) is 83.5 cm³/mol. The number of nitrogens with zero attached hydrogens (tertiary/aromatic N) is 1. The smallest absolute Gasteiger partial charge is 0.106 e. The monoisotopic (exact) mass is 280 g/mol. The number of hydrogen-bond acceptors (Lipinski definition) is 3. The van der Waals surface area contributed by atoms with Crippen LogP contribution in [0.25, 0.3) is 0 Å². The number of hydrogen-bond donors (Lipinski definition) is 1. The summed E-state index contributed by atoms with van der Waals surface area (Å²) in [4.78, 5) is 0. The summed E-state index contributed by atoms with van der Waals surface area (Å²) >= 11 is 0. The van der Waals surface area contributed by atoms with Crippen LogP contribution in [0.5, 0.6) is 0 Å². The number of nitrogens with one attached hydrogen (secondary N) is 1. The molecular weight excluding hydrogens is 248 g/mol. The third-order valence-corrected chi connectivity index (χ3v) is 4.64. The minimum absolute atomic E-state index is 0.350. The number of rotatable bonds is 9. The van der Waals surface area contributed by atoms with Crippen molar-refractivity contribution in [3.05, 3.63) is 0 Å². The van der Waals surface area contributed by atoms with Crippen molar-refractivity contribution in [1.82, 2.24) is 5.32 Å². The summed E-state index contributed by atoms with van der Waals surface area (Å²) in [7, 11) is 0. The van der Waals surface area contributed by atoms with Crippen LogP contribution in [0.2, 0.25) is 0 Å². The summed E-state index contributed by atoms with van der Waals surface area (Å²) in [5.74, 6) is 0.703.